The fourth-order valence-corrected chi connectivity index (χ4v) is 2.48. The summed E-state index contributed by atoms with van der Waals surface area (Å²) in [5.74, 6) is -0.200. The van der Waals surface area contributed by atoms with E-state index in [1.165, 1.54) is 25.7 Å². The smallest absolute Gasteiger partial charge is 0.335 e. The number of pyridine rings is 1. The Bertz CT molecular complexity index is 467. The number of nitrogens with zero attached hydrogens (tertiary/aromatic N) is 1. The fraction of sp³-hybridized carbons (Fsp3) is 0.600. The molecule has 1 aliphatic carbocycles. The predicted molar refractivity (Wildman–Crippen MR) is 75.6 cm³/mol. The summed E-state index contributed by atoms with van der Waals surface area (Å²) in [6.07, 6.45) is 5.72. The lowest BCUT2D eigenvalue weighted by atomic mass is 10.0. The summed E-state index contributed by atoms with van der Waals surface area (Å²) in [7, 11) is 0. The third kappa shape index (κ3) is 3.46. The van der Waals surface area contributed by atoms with Crippen LogP contribution in [0.15, 0.2) is 12.1 Å². The van der Waals surface area contributed by atoms with E-state index in [2.05, 4.69) is 17.2 Å². The Hall–Kier alpha value is -1.58. The molecule has 2 N–H and O–H groups in total. The minimum absolute atomic E-state index is 0.315. The molecule has 0 aliphatic heterocycles. The number of carboxylic acids is 1. The van der Waals surface area contributed by atoms with E-state index >= 15 is 0 Å². The zero-order valence-corrected chi connectivity index (χ0v) is 11.7. The van der Waals surface area contributed by atoms with Gasteiger partial charge in [-0.1, -0.05) is 20.3 Å². The fourth-order valence-electron chi connectivity index (χ4n) is 2.48. The second-order valence-electron chi connectivity index (χ2n) is 5.49. The molecule has 0 spiro atoms. The zero-order chi connectivity index (χ0) is 13.9. The van der Waals surface area contributed by atoms with Gasteiger partial charge in [-0.2, -0.15) is 0 Å². The lowest BCUT2D eigenvalue weighted by molar-refractivity contribution is 0.0696. The average molecular weight is 262 g/mol. The highest BCUT2D eigenvalue weighted by atomic mass is 16.4. The van der Waals surface area contributed by atoms with E-state index in [0.717, 1.165) is 18.7 Å². The van der Waals surface area contributed by atoms with E-state index in [1.54, 1.807) is 12.1 Å². The molecule has 4 nitrogen and oxygen atoms in total. The highest BCUT2D eigenvalue weighted by Crippen LogP contribution is 2.49. The molecule has 0 aromatic carbocycles. The molecule has 1 heterocycles. The van der Waals surface area contributed by atoms with Crippen molar-refractivity contribution in [2.45, 2.75) is 46.0 Å². The van der Waals surface area contributed by atoms with Gasteiger partial charge in [0, 0.05) is 12.2 Å². The summed E-state index contributed by atoms with van der Waals surface area (Å²) >= 11 is 0. The van der Waals surface area contributed by atoms with Crippen LogP contribution in [-0.4, -0.2) is 22.6 Å². The van der Waals surface area contributed by atoms with E-state index in [-0.39, 0.29) is 0 Å². The second kappa shape index (κ2) is 5.59. The summed E-state index contributed by atoms with van der Waals surface area (Å²) in [5.41, 5.74) is 1.57. The van der Waals surface area contributed by atoms with Crippen LogP contribution in [0.3, 0.4) is 0 Å². The first kappa shape index (κ1) is 13.8. The van der Waals surface area contributed by atoms with Gasteiger partial charge in [0.05, 0.1) is 5.56 Å². The average Bonchev–Trinajstić information content (AvgIpc) is 3.17. The van der Waals surface area contributed by atoms with Crippen molar-refractivity contribution in [3.05, 3.63) is 23.4 Å². The standard InChI is InChI=1S/C15H22N2O2/c1-3-5-15(6-7-15)10-16-13-9-11(14(18)19)8-12(4-2)17-13/h8-9H,3-7,10H2,1-2H3,(H,16,17)(H,18,19). The van der Waals surface area contributed by atoms with Crippen LogP contribution in [0.2, 0.25) is 0 Å². The number of hydrogen-bond donors (Lipinski definition) is 2. The first-order valence-electron chi connectivity index (χ1n) is 7.07. The minimum atomic E-state index is -0.894. The van der Waals surface area contributed by atoms with Gasteiger partial charge in [-0.15, -0.1) is 0 Å². The van der Waals surface area contributed by atoms with Gasteiger partial charge in [-0.25, -0.2) is 9.78 Å². The molecule has 0 saturated heterocycles. The van der Waals surface area contributed by atoms with Crippen LogP contribution < -0.4 is 5.32 Å². The zero-order valence-electron chi connectivity index (χ0n) is 11.7. The minimum Gasteiger partial charge on any atom is -0.478 e. The van der Waals surface area contributed by atoms with Crippen LogP contribution in [0.5, 0.6) is 0 Å². The number of aryl methyl sites for hydroxylation is 1. The van der Waals surface area contributed by atoms with Crippen molar-refractivity contribution in [1.82, 2.24) is 4.98 Å². The lowest BCUT2D eigenvalue weighted by Crippen LogP contribution is -2.16. The molecule has 0 atom stereocenters. The maximum absolute atomic E-state index is 11.1. The van der Waals surface area contributed by atoms with Crippen molar-refractivity contribution in [1.29, 1.82) is 0 Å². The van der Waals surface area contributed by atoms with E-state index in [4.69, 9.17) is 5.11 Å². The van der Waals surface area contributed by atoms with Crippen molar-refractivity contribution in [2.75, 3.05) is 11.9 Å². The highest BCUT2D eigenvalue weighted by Gasteiger charge is 2.41. The Kier molecular flexibility index (Phi) is 4.08. The summed E-state index contributed by atoms with van der Waals surface area (Å²) < 4.78 is 0. The molecule has 1 aromatic rings. The van der Waals surface area contributed by atoms with Crippen LogP contribution in [-0.2, 0) is 6.42 Å². The molecule has 0 bridgehead atoms. The molecule has 0 radical (unpaired) electrons. The molecule has 1 aliphatic rings. The number of rotatable bonds is 7. The monoisotopic (exact) mass is 262 g/mol. The van der Waals surface area contributed by atoms with Crippen LogP contribution in [0.25, 0.3) is 0 Å². The van der Waals surface area contributed by atoms with Crippen LogP contribution in [0, 0.1) is 5.41 Å². The van der Waals surface area contributed by atoms with Gasteiger partial charge in [-0.3, -0.25) is 0 Å². The van der Waals surface area contributed by atoms with E-state index in [0.29, 0.717) is 16.8 Å². The second-order valence-corrected chi connectivity index (χ2v) is 5.49. The largest absolute Gasteiger partial charge is 0.478 e. The van der Waals surface area contributed by atoms with Crippen molar-refractivity contribution in [3.63, 3.8) is 0 Å². The topological polar surface area (TPSA) is 62.2 Å². The predicted octanol–water partition coefficient (Wildman–Crippen LogP) is 3.33. The first-order valence-corrected chi connectivity index (χ1v) is 7.07. The SMILES string of the molecule is CCCC1(CNc2cc(C(=O)O)cc(CC)n2)CC1. The summed E-state index contributed by atoms with van der Waals surface area (Å²) in [4.78, 5) is 15.5. The normalized spacial score (nSPS) is 16.1. The van der Waals surface area contributed by atoms with Gasteiger partial charge in [0.1, 0.15) is 5.82 Å². The summed E-state index contributed by atoms with van der Waals surface area (Å²) in [6, 6.07) is 3.27. The van der Waals surface area contributed by atoms with Gasteiger partial charge in [-0.05, 0) is 43.2 Å². The van der Waals surface area contributed by atoms with E-state index in [9.17, 15) is 4.79 Å². The van der Waals surface area contributed by atoms with Crippen LogP contribution in [0.4, 0.5) is 5.82 Å². The Morgan fingerprint density at radius 3 is 2.68 bits per heavy atom. The van der Waals surface area contributed by atoms with E-state index in [1.807, 2.05) is 6.92 Å². The quantitative estimate of drug-likeness (QED) is 0.791. The van der Waals surface area contributed by atoms with Gasteiger partial charge >= 0.3 is 5.97 Å². The molecular formula is C15H22N2O2. The number of hydrogen-bond acceptors (Lipinski definition) is 3. The molecule has 2 rings (SSSR count). The lowest BCUT2D eigenvalue weighted by Gasteiger charge is -2.16. The molecular weight excluding hydrogens is 240 g/mol. The molecule has 1 saturated carbocycles. The summed E-state index contributed by atoms with van der Waals surface area (Å²) in [5, 5.41) is 12.4. The number of nitrogens with one attached hydrogen (secondary N) is 1. The molecule has 1 fully saturated rings. The number of carbonyl (C=O) groups is 1. The highest BCUT2D eigenvalue weighted by molar-refractivity contribution is 5.88. The van der Waals surface area contributed by atoms with Gasteiger partial charge in [0.2, 0.25) is 0 Å². The number of anilines is 1. The molecule has 0 unspecified atom stereocenters. The third-order valence-corrected chi connectivity index (χ3v) is 3.87. The Morgan fingerprint density at radius 2 is 2.16 bits per heavy atom. The molecule has 19 heavy (non-hydrogen) atoms. The van der Waals surface area contributed by atoms with Crippen molar-refractivity contribution < 1.29 is 9.90 Å². The van der Waals surface area contributed by atoms with Crippen molar-refractivity contribution in [3.8, 4) is 0 Å². The Balaban J connectivity index is 2.07. The maximum Gasteiger partial charge on any atom is 0.335 e. The van der Waals surface area contributed by atoms with Crippen LogP contribution in [0.1, 0.15) is 55.6 Å². The number of aromatic nitrogens is 1. The third-order valence-electron chi connectivity index (χ3n) is 3.87. The molecule has 1 aromatic heterocycles. The number of carboxylic acid groups (broad SMARTS) is 1. The van der Waals surface area contributed by atoms with Crippen molar-refractivity contribution in [2.24, 2.45) is 5.41 Å². The molecule has 104 valence electrons. The van der Waals surface area contributed by atoms with Crippen molar-refractivity contribution >= 4 is 11.8 Å². The molecule has 0 amide bonds. The van der Waals surface area contributed by atoms with Crippen LogP contribution >= 0.6 is 0 Å². The first-order chi connectivity index (χ1) is 9.08. The number of aromatic carboxylic acids is 1. The van der Waals surface area contributed by atoms with E-state index < -0.39 is 5.97 Å². The van der Waals surface area contributed by atoms with Gasteiger partial charge < -0.3 is 10.4 Å². The van der Waals surface area contributed by atoms with Gasteiger partial charge in [0.15, 0.2) is 0 Å². The Labute approximate surface area is 114 Å². The molecule has 4 heteroatoms. The summed E-state index contributed by atoms with van der Waals surface area (Å²) in [6.45, 7) is 5.09. The maximum atomic E-state index is 11.1. The Morgan fingerprint density at radius 1 is 1.42 bits per heavy atom. The van der Waals surface area contributed by atoms with Gasteiger partial charge in [0.25, 0.3) is 0 Å².